The summed E-state index contributed by atoms with van der Waals surface area (Å²) in [7, 11) is 0. The predicted octanol–water partition coefficient (Wildman–Crippen LogP) is 6.73. The summed E-state index contributed by atoms with van der Waals surface area (Å²) in [6.45, 7) is 2.47. The number of hydrogen-bond donors (Lipinski definition) is 2. The summed E-state index contributed by atoms with van der Waals surface area (Å²) in [6.07, 6.45) is 16.3. The molecule has 2 aliphatic carbocycles. The van der Waals surface area contributed by atoms with Crippen LogP contribution in [0.2, 0.25) is 5.02 Å². The molecule has 2 aromatic carbocycles. The molecule has 1 atom stereocenters. The van der Waals surface area contributed by atoms with Gasteiger partial charge in [0.2, 0.25) is 5.91 Å². The zero-order chi connectivity index (χ0) is 29.7. The van der Waals surface area contributed by atoms with Gasteiger partial charge in [-0.15, -0.1) is 0 Å². The van der Waals surface area contributed by atoms with Gasteiger partial charge in [-0.25, -0.2) is 4.98 Å². The van der Waals surface area contributed by atoms with Gasteiger partial charge in [-0.1, -0.05) is 61.2 Å². The zero-order valence-corrected chi connectivity index (χ0v) is 26.1. The van der Waals surface area contributed by atoms with E-state index in [1.807, 2.05) is 29.2 Å². The standard InChI is InChI=1S/C35H47ClN6O/c36-29-13-11-27(12-14-29)23-32(35(37)17-15-31(16-18-35)40-30-9-5-2-6-10-30)33(43)41-21-19-34(20-22-41,24-42-26-38-25-39-42)28-7-3-1-4-8-28/h2,5-6,9-14,25-26,28,31-32,40H,1,3-4,7-8,15-24,37H2/t31-,32-,35+/m0/s1. The number of nitrogens with two attached hydrogens (primary N) is 1. The minimum atomic E-state index is -0.537. The van der Waals surface area contributed by atoms with Crippen LogP contribution < -0.4 is 11.1 Å². The van der Waals surface area contributed by atoms with Crippen LogP contribution in [0, 0.1) is 17.3 Å². The topological polar surface area (TPSA) is 89.1 Å². The Bertz CT molecular complexity index is 1290. The van der Waals surface area contributed by atoms with E-state index in [1.54, 1.807) is 6.33 Å². The predicted molar refractivity (Wildman–Crippen MR) is 173 cm³/mol. The summed E-state index contributed by atoms with van der Waals surface area (Å²) in [6, 6.07) is 18.7. The molecule has 0 bridgehead atoms. The molecular weight excluding hydrogens is 556 g/mol. The average molecular weight is 603 g/mol. The smallest absolute Gasteiger partial charge is 0.227 e. The van der Waals surface area contributed by atoms with Crippen molar-refractivity contribution in [1.82, 2.24) is 19.7 Å². The molecule has 1 amide bonds. The number of amides is 1. The van der Waals surface area contributed by atoms with Crippen LogP contribution in [0.4, 0.5) is 5.69 Å². The van der Waals surface area contributed by atoms with E-state index in [0.29, 0.717) is 23.4 Å². The number of nitrogens with one attached hydrogen (secondary N) is 1. The molecule has 0 spiro atoms. The highest BCUT2D eigenvalue weighted by atomic mass is 35.5. The Morgan fingerprint density at radius 3 is 2.30 bits per heavy atom. The molecule has 0 unspecified atom stereocenters. The Morgan fingerprint density at radius 2 is 1.65 bits per heavy atom. The van der Waals surface area contributed by atoms with Gasteiger partial charge in [0.05, 0.1) is 5.92 Å². The van der Waals surface area contributed by atoms with Crippen LogP contribution in [-0.4, -0.2) is 50.2 Å². The quantitative estimate of drug-likeness (QED) is 0.283. The van der Waals surface area contributed by atoms with Crippen LogP contribution in [0.15, 0.2) is 67.3 Å². The third kappa shape index (κ3) is 7.09. The molecule has 7 nitrogen and oxygen atoms in total. The second-order valence-electron chi connectivity index (χ2n) is 13.5. The molecule has 1 aromatic heterocycles. The molecule has 3 aromatic rings. The minimum Gasteiger partial charge on any atom is -0.382 e. The number of anilines is 1. The van der Waals surface area contributed by atoms with E-state index in [2.05, 4.69) is 56.7 Å². The Morgan fingerprint density at radius 1 is 0.953 bits per heavy atom. The van der Waals surface area contributed by atoms with Crippen molar-refractivity contribution in [1.29, 1.82) is 0 Å². The van der Waals surface area contributed by atoms with Crippen LogP contribution in [0.25, 0.3) is 0 Å². The van der Waals surface area contributed by atoms with E-state index in [0.717, 1.165) is 69.4 Å². The largest absolute Gasteiger partial charge is 0.382 e. The normalized spacial score (nSPS) is 25.3. The first-order valence-corrected chi connectivity index (χ1v) is 16.8. The molecule has 8 heteroatoms. The Labute approximate surface area is 261 Å². The van der Waals surface area contributed by atoms with E-state index in [-0.39, 0.29) is 17.2 Å². The van der Waals surface area contributed by atoms with Crippen LogP contribution in [-0.2, 0) is 17.8 Å². The van der Waals surface area contributed by atoms with Crippen LogP contribution in [0.5, 0.6) is 0 Å². The summed E-state index contributed by atoms with van der Waals surface area (Å²) in [5.41, 5.74) is 9.18. The third-order valence-electron chi connectivity index (χ3n) is 10.9. The highest BCUT2D eigenvalue weighted by Crippen LogP contribution is 2.47. The maximum atomic E-state index is 14.5. The molecule has 1 saturated heterocycles. The number of piperidine rings is 1. The SMILES string of the molecule is N[C@]1([C@@H](Cc2ccc(Cl)cc2)C(=O)N2CCC(Cn3cncn3)(C3CCCCC3)CC2)CC[C@H](Nc2ccccc2)CC1. The van der Waals surface area contributed by atoms with Crippen molar-refractivity contribution in [2.24, 2.45) is 23.0 Å². The molecular formula is C35H47ClN6O. The summed E-state index contributed by atoms with van der Waals surface area (Å²) in [5.74, 6) is 0.648. The average Bonchev–Trinajstić information content (AvgIpc) is 3.56. The number of carbonyl (C=O) groups excluding carboxylic acids is 1. The van der Waals surface area contributed by atoms with Crippen molar-refractivity contribution in [3.8, 4) is 0 Å². The van der Waals surface area contributed by atoms with E-state index < -0.39 is 5.54 Å². The van der Waals surface area contributed by atoms with Crippen molar-refractivity contribution in [2.75, 3.05) is 18.4 Å². The van der Waals surface area contributed by atoms with Gasteiger partial charge in [0, 0.05) is 41.9 Å². The molecule has 6 rings (SSSR count). The van der Waals surface area contributed by atoms with E-state index >= 15 is 0 Å². The molecule has 2 heterocycles. The Kier molecular flexibility index (Phi) is 9.39. The lowest BCUT2D eigenvalue weighted by atomic mass is 9.63. The maximum Gasteiger partial charge on any atom is 0.227 e. The van der Waals surface area contributed by atoms with Gasteiger partial charge in [-0.05, 0) is 98.9 Å². The van der Waals surface area contributed by atoms with Gasteiger partial charge in [0.25, 0.3) is 0 Å². The number of halogens is 1. The first kappa shape index (κ1) is 30.1. The molecule has 3 N–H and O–H groups in total. The number of carbonyl (C=O) groups is 1. The number of rotatable bonds is 9. The highest BCUT2D eigenvalue weighted by molar-refractivity contribution is 6.30. The van der Waals surface area contributed by atoms with Crippen molar-refractivity contribution in [3.63, 3.8) is 0 Å². The highest BCUT2D eigenvalue weighted by Gasteiger charge is 2.47. The summed E-state index contributed by atoms with van der Waals surface area (Å²) in [4.78, 5) is 20.9. The molecule has 3 fully saturated rings. The number of nitrogens with zero attached hydrogens (tertiary/aromatic N) is 4. The third-order valence-corrected chi connectivity index (χ3v) is 11.1. The van der Waals surface area contributed by atoms with Crippen LogP contribution >= 0.6 is 11.6 Å². The molecule has 230 valence electrons. The van der Waals surface area contributed by atoms with Gasteiger partial charge < -0.3 is 16.0 Å². The van der Waals surface area contributed by atoms with Crippen LogP contribution in [0.3, 0.4) is 0 Å². The molecule has 1 aliphatic heterocycles. The molecule has 43 heavy (non-hydrogen) atoms. The lowest BCUT2D eigenvalue weighted by Crippen LogP contribution is -2.59. The number of aromatic nitrogens is 3. The second-order valence-corrected chi connectivity index (χ2v) is 14.0. The molecule has 3 aliphatic rings. The van der Waals surface area contributed by atoms with Gasteiger partial charge in [-0.3, -0.25) is 9.48 Å². The van der Waals surface area contributed by atoms with Crippen LogP contribution in [0.1, 0.15) is 76.2 Å². The van der Waals surface area contributed by atoms with Gasteiger partial charge >= 0.3 is 0 Å². The maximum absolute atomic E-state index is 14.5. The van der Waals surface area contributed by atoms with E-state index in [4.69, 9.17) is 17.3 Å². The Hall–Kier alpha value is -2.90. The van der Waals surface area contributed by atoms with Crippen molar-refractivity contribution in [3.05, 3.63) is 77.8 Å². The van der Waals surface area contributed by atoms with E-state index in [1.165, 1.54) is 32.1 Å². The lowest BCUT2D eigenvalue weighted by molar-refractivity contribution is -0.142. The molecule has 0 radical (unpaired) electrons. The zero-order valence-electron chi connectivity index (χ0n) is 25.3. The van der Waals surface area contributed by atoms with Gasteiger partial charge in [0.1, 0.15) is 12.7 Å². The molecule has 2 saturated carbocycles. The number of para-hydroxylation sites is 1. The lowest BCUT2D eigenvalue weighted by Gasteiger charge is -2.50. The van der Waals surface area contributed by atoms with Gasteiger partial charge in [-0.2, -0.15) is 5.10 Å². The summed E-state index contributed by atoms with van der Waals surface area (Å²) in [5, 5.41) is 8.88. The minimum absolute atomic E-state index is 0.165. The summed E-state index contributed by atoms with van der Waals surface area (Å²) >= 11 is 6.22. The fourth-order valence-electron chi connectivity index (χ4n) is 8.25. The van der Waals surface area contributed by atoms with E-state index in [9.17, 15) is 4.79 Å². The number of hydrogen-bond acceptors (Lipinski definition) is 5. The van der Waals surface area contributed by atoms with Crippen molar-refractivity contribution < 1.29 is 4.79 Å². The first-order valence-electron chi connectivity index (χ1n) is 16.4. The van der Waals surface area contributed by atoms with Gasteiger partial charge in [0.15, 0.2) is 0 Å². The number of likely N-dealkylation sites (tertiary alicyclic amines) is 1. The fraction of sp³-hybridized carbons (Fsp3) is 0.571. The summed E-state index contributed by atoms with van der Waals surface area (Å²) < 4.78 is 2.02. The number of benzene rings is 2. The second kappa shape index (κ2) is 13.4. The monoisotopic (exact) mass is 602 g/mol. The fourth-order valence-corrected chi connectivity index (χ4v) is 8.38. The van der Waals surface area contributed by atoms with Crippen molar-refractivity contribution in [2.45, 2.75) is 95.2 Å². The Balaban J connectivity index is 1.17. The van der Waals surface area contributed by atoms with Crippen molar-refractivity contribution >= 4 is 23.2 Å². The first-order chi connectivity index (χ1) is 20.9.